The zero-order valence-electron chi connectivity index (χ0n) is 12.6. The van der Waals surface area contributed by atoms with Crippen molar-refractivity contribution in [2.75, 3.05) is 5.73 Å². The van der Waals surface area contributed by atoms with Crippen LogP contribution >= 0.6 is 11.8 Å². The molecule has 0 radical (unpaired) electrons. The molecule has 116 valence electrons. The number of nitrogens with two attached hydrogens (primary N) is 1. The third-order valence-corrected chi connectivity index (χ3v) is 4.68. The van der Waals surface area contributed by atoms with Gasteiger partial charge in [-0.2, -0.15) is 4.98 Å². The summed E-state index contributed by atoms with van der Waals surface area (Å²) in [6.07, 6.45) is 1.65. The number of rotatable bonds is 4. The summed E-state index contributed by atoms with van der Waals surface area (Å²) in [5.74, 6) is 2.36. The van der Waals surface area contributed by atoms with Crippen molar-refractivity contribution in [1.29, 1.82) is 0 Å². The van der Waals surface area contributed by atoms with Crippen molar-refractivity contribution >= 4 is 28.7 Å². The van der Waals surface area contributed by atoms with E-state index >= 15 is 0 Å². The number of thioether (sulfide) groups is 1. The van der Waals surface area contributed by atoms with Crippen LogP contribution in [-0.2, 0) is 19.4 Å². The average molecular weight is 319 g/mol. The van der Waals surface area contributed by atoms with Gasteiger partial charge < -0.3 is 19.8 Å². The number of aromatic nitrogens is 4. The summed E-state index contributed by atoms with van der Waals surface area (Å²) in [4.78, 5) is 13.0. The molecule has 0 aliphatic heterocycles. The lowest BCUT2D eigenvalue weighted by atomic mass is 10.2. The number of anilines is 1. The number of nitrogens with zero attached hydrogens (tertiary/aromatic N) is 4. The summed E-state index contributed by atoms with van der Waals surface area (Å²) < 4.78 is 7.46. The molecule has 3 rings (SSSR count). The highest BCUT2D eigenvalue weighted by molar-refractivity contribution is 7.98. The number of aliphatic hydroxyl groups excluding tert-OH is 1. The predicted molar refractivity (Wildman–Crippen MR) is 84.4 cm³/mol. The quantitative estimate of drug-likeness (QED) is 0.708. The highest BCUT2D eigenvalue weighted by Crippen LogP contribution is 2.28. The molecular weight excluding hydrogens is 302 g/mol. The molecule has 0 unspecified atom stereocenters. The Bertz CT molecular complexity index is 839. The number of fused-ring (bicyclic) bond motifs is 1. The average Bonchev–Trinajstić information content (AvgIpc) is 2.97. The van der Waals surface area contributed by atoms with E-state index in [-0.39, 0.29) is 6.61 Å². The third kappa shape index (κ3) is 2.44. The number of hydrogen-bond donors (Lipinski definition) is 2. The molecule has 3 heterocycles. The van der Waals surface area contributed by atoms with Crippen LogP contribution in [0.2, 0.25) is 0 Å². The molecule has 0 aliphatic rings. The Hall–Kier alpha value is -2.06. The first-order valence-corrected chi connectivity index (χ1v) is 7.76. The fourth-order valence-corrected chi connectivity index (χ4v) is 3.05. The number of furan rings is 1. The van der Waals surface area contributed by atoms with Crippen LogP contribution < -0.4 is 5.73 Å². The van der Waals surface area contributed by atoms with Crippen LogP contribution in [0, 0.1) is 13.8 Å². The Morgan fingerprint density at radius 2 is 2.14 bits per heavy atom. The third-order valence-electron chi connectivity index (χ3n) is 3.64. The van der Waals surface area contributed by atoms with Gasteiger partial charge in [-0.05, 0) is 13.8 Å². The molecule has 0 fully saturated rings. The van der Waals surface area contributed by atoms with Crippen molar-refractivity contribution in [2.45, 2.75) is 31.4 Å². The zero-order chi connectivity index (χ0) is 15.9. The van der Waals surface area contributed by atoms with Crippen LogP contribution in [0.1, 0.15) is 22.8 Å². The van der Waals surface area contributed by atoms with E-state index in [0.717, 1.165) is 27.6 Å². The van der Waals surface area contributed by atoms with Crippen LogP contribution in [0.5, 0.6) is 0 Å². The lowest BCUT2D eigenvalue weighted by Crippen LogP contribution is -2.01. The Labute approximate surface area is 131 Å². The molecule has 3 N–H and O–H groups in total. The van der Waals surface area contributed by atoms with Gasteiger partial charge in [-0.15, -0.1) is 0 Å². The van der Waals surface area contributed by atoms with E-state index in [2.05, 4.69) is 15.0 Å². The molecule has 0 aromatic carbocycles. The largest absolute Gasteiger partial charge is 0.443 e. The molecule has 0 atom stereocenters. The van der Waals surface area contributed by atoms with E-state index in [1.165, 1.54) is 11.8 Å². The maximum atomic E-state index is 9.18. The lowest BCUT2D eigenvalue weighted by Gasteiger charge is -2.04. The predicted octanol–water partition coefficient (Wildman–Crippen LogP) is 1.94. The molecular formula is C14H17N5O2S. The number of nitrogen functional groups attached to an aromatic ring is 1. The summed E-state index contributed by atoms with van der Waals surface area (Å²) in [7, 11) is 1.86. The summed E-state index contributed by atoms with van der Waals surface area (Å²) in [5.41, 5.74) is 8.28. The first-order chi connectivity index (χ1) is 10.5. The Kier molecular flexibility index (Phi) is 3.79. The maximum absolute atomic E-state index is 9.18. The van der Waals surface area contributed by atoms with Crippen molar-refractivity contribution in [2.24, 2.45) is 7.05 Å². The second kappa shape index (κ2) is 5.62. The van der Waals surface area contributed by atoms with E-state index in [1.807, 2.05) is 25.5 Å². The van der Waals surface area contributed by atoms with Crippen LogP contribution in [0.25, 0.3) is 11.1 Å². The number of imidazole rings is 1. The van der Waals surface area contributed by atoms with E-state index in [9.17, 15) is 5.11 Å². The van der Waals surface area contributed by atoms with Crippen molar-refractivity contribution in [3.8, 4) is 0 Å². The van der Waals surface area contributed by atoms with E-state index < -0.39 is 0 Å². The van der Waals surface area contributed by atoms with Crippen LogP contribution in [0.15, 0.2) is 15.8 Å². The van der Waals surface area contributed by atoms with Gasteiger partial charge >= 0.3 is 0 Å². The minimum absolute atomic E-state index is 0.0373. The monoisotopic (exact) mass is 319 g/mol. The Morgan fingerprint density at radius 1 is 1.36 bits per heavy atom. The summed E-state index contributed by atoms with van der Waals surface area (Å²) >= 11 is 1.48. The van der Waals surface area contributed by atoms with Crippen molar-refractivity contribution in [3.05, 3.63) is 29.0 Å². The molecule has 0 saturated carbocycles. The number of hydrogen-bond acceptors (Lipinski definition) is 7. The van der Waals surface area contributed by atoms with E-state index in [0.29, 0.717) is 23.1 Å². The highest BCUT2D eigenvalue weighted by atomic mass is 32.2. The van der Waals surface area contributed by atoms with Gasteiger partial charge in [-0.1, -0.05) is 11.8 Å². The number of aliphatic hydroxyl groups is 1. The van der Waals surface area contributed by atoms with Gasteiger partial charge in [0.15, 0.2) is 5.16 Å². The molecule has 0 aliphatic carbocycles. The molecule has 7 nitrogen and oxygen atoms in total. The molecule has 0 amide bonds. The maximum Gasteiger partial charge on any atom is 0.231 e. The SMILES string of the molecule is Cc1oc2nc(CSc3ncc(CO)n3C)nc(N)c2c1C. The van der Waals surface area contributed by atoms with Crippen molar-refractivity contribution < 1.29 is 9.52 Å². The van der Waals surface area contributed by atoms with E-state index in [4.69, 9.17) is 10.2 Å². The summed E-state index contributed by atoms with van der Waals surface area (Å²) in [6, 6.07) is 0. The molecule has 0 saturated heterocycles. The van der Waals surface area contributed by atoms with Crippen LogP contribution in [0.3, 0.4) is 0 Å². The lowest BCUT2D eigenvalue weighted by molar-refractivity contribution is 0.271. The van der Waals surface area contributed by atoms with Gasteiger partial charge in [0.25, 0.3) is 0 Å². The molecule has 8 heteroatoms. The van der Waals surface area contributed by atoms with Gasteiger partial charge in [0.1, 0.15) is 17.4 Å². The summed E-state index contributed by atoms with van der Waals surface area (Å²) in [6.45, 7) is 3.79. The molecule has 3 aromatic rings. The molecule has 22 heavy (non-hydrogen) atoms. The second-order valence-electron chi connectivity index (χ2n) is 5.03. The fraction of sp³-hybridized carbons (Fsp3) is 0.357. The molecule has 3 aromatic heterocycles. The Morgan fingerprint density at radius 3 is 2.82 bits per heavy atom. The second-order valence-corrected chi connectivity index (χ2v) is 5.97. The first kappa shape index (κ1) is 14.9. The van der Waals surface area contributed by atoms with Gasteiger partial charge in [0, 0.05) is 12.6 Å². The van der Waals surface area contributed by atoms with E-state index in [1.54, 1.807) is 6.20 Å². The van der Waals surface area contributed by atoms with Gasteiger partial charge in [-0.3, -0.25) is 0 Å². The Balaban J connectivity index is 1.86. The minimum atomic E-state index is -0.0373. The van der Waals surface area contributed by atoms with Gasteiger partial charge in [-0.25, -0.2) is 9.97 Å². The fourth-order valence-electron chi connectivity index (χ4n) is 2.23. The van der Waals surface area contributed by atoms with Crippen LogP contribution in [-0.4, -0.2) is 24.6 Å². The normalized spacial score (nSPS) is 11.5. The van der Waals surface area contributed by atoms with Gasteiger partial charge in [0.05, 0.1) is 29.6 Å². The molecule has 0 spiro atoms. The summed E-state index contributed by atoms with van der Waals surface area (Å²) in [5, 5.41) is 10.7. The molecule has 0 bridgehead atoms. The smallest absolute Gasteiger partial charge is 0.231 e. The van der Waals surface area contributed by atoms with Crippen LogP contribution in [0.4, 0.5) is 5.82 Å². The minimum Gasteiger partial charge on any atom is -0.443 e. The zero-order valence-corrected chi connectivity index (χ0v) is 13.4. The highest BCUT2D eigenvalue weighted by Gasteiger charge is 2.15. The van der Waals surface area contributed by atoms with Crippen molar-refractivity contribution in [3.63, 3.8) is 0 Å². The van der Waals surface area contributed by atoms with Crippen molar-refractivity contribution in [1.82, 2.24) is 19.5 Å². The van der Waals surface area contributed by atoms with Gasteiger partial charge in [0.2, 0.25) is 5.71 Å². The number of aryl methyl sites for hydroxylation is 2. The standard InChI is InChI=1S/C14H17N5O2S/c1-7-8(2)21-13-11(7)12(15)17-10(18-13)6-22-14-16-4-9(5-20)19(14)3/h4,20H,5-6H2,1-3H3,(H2,15,17,18). The first-order valence-electron chi connectivity index (χ1n) is 6.77. The topological polar surface area (TPSA) is 103 Å².